The number of carbonyl (C=O) groups is 1. The number of likely N-dealkylation sites (tertiary alicyclic amines) is 1. The Morgan fingerprint density at radius 1 is 1.10 bits per heavy atom. The Morgan fingerprint density at radius 3 is 2.43 bits per heavy atom. The van der Waals surface area contributed by atoms with Crippen LogP contribution in [-0.2, 0) is 14.8 Å². The highest BCUT2D eigenvalue weighted by Crippen LogP contribution is 2.29. The van der Waals surface area contributed by atoms with Crippen LogP contribution in [0.25, 0.3) is 0 Å². The van der Waals surface area contributed by atoms with E-state index in [9.17, 15) is 13.2 Å². The van der Waals surface area contributed by atoms with Crippen LogP contribution in [0.3, 0.4) is 0 Å². The lowest BCUT2D eigenvalue weighted by Gasteiger charge is -2.24. The van der Waals surface area contributed by atoms with E-state index in [1.165, 1.54) is 0 Å². The number of amides is 1. The standard InChI is InChI=1S/C22H28N2O5S/c1-16-9-11-18(12-10-16)30(26,27)23-19-7-5-6-8-20(19)28-17-13-14-24(15-17)21(25)29-22(2,3)4/h5-12,17,23H,13-15H2,1-4H3. The number of para-hydroxylation sites is 2. The first kappa shape index (κ1) is 22.0. The maximum absolute atomic E-state index is 12.7. The van der Waals surface area contributed by atoms with Crippen LogP contribution in [0.15, 0.2) is 53.4 Å². The number of sulfonamides is 1. The van der Waals surface area contributed by atoms with Crippen LogP contribution in [-0.4, -0.2) is 44.2 Å². The van der Waals surface area contributed by atoms with Crippen LogP contribution in [0.2, 0.25) is 0 Å². The smallest absolute Gasteiger partial charge is 0.410 e. The van der Waals surface area contributed by atoms with E-state index < -0.39 is 15.6 Å². The normalized spacial score (nSPS) is 16.9. The zero-order valence-corrected chi connectivity index (χ0v) is 18.5. The number of rotatable bonds is 5. The maximum atomic E-state index is 12.7. The van der Waals surface area contributed by atoms with Gasteiger partial charge >= 0.3 is 6.09 Å². The van der Waals surface area contributed by atoms with Crippen molar-refractivity contribution in [1.29, 1.82) is 0 Å². The van der Waals surface area contributed by atoms with Crippen molar-refractivity contribution < 1.29 is 22.7 Å². The maximum Gasteiger partial charge on any atom is 0.410 e. The van der Waals surface area contributed by atoms with Gasteiger partial charge in [-0.3, -0.25) is 4.72 Å². The molecule has 0 aliphatic carbocycles. The van der Waals surface area contributed by atoms with Gasteiger partial charge in [-0.2, -0.15) is 0 Å². The van der Waals surface area contributed by atoms with Gasteiger partial charge in [0.05, 0.1) is 17.1 Å². The summed E-state index contributed by atoms with van der Waals surface area (Å²) in [7, 11) is -3.75. The highest BCUT2D eigenvalue weighted by atomic mass is 32.2. The summed E-state index contributed by atoms with van der Waals surface area (Å²) in [6, 6.07) is 13.5. The summed E-state index contributed by atoms with van der Waals surface area (Å²) in [4.78, 5) is 14.0. The van der Waals surface area contributed by atoms with Gasteiger partial charge in [-0.1, -0.05) is 29.8 Å². The number of hydrogen-bond donors (Lipinski definition) is 1. The van der Waals surface area contributed by atoms with Crippen molar-refractivity contribution in [2.24, 2.45) is 0 Å². The molecule has 1 aliphatic heterocycles. The van der Waals surface area contributed by atoms with Gasteiger partial charge in [-0.25, -0.2) is 13.2 Å². The Morgan fingerprint density at radius 2 is 1.77 bits per heavy atom. The van der Waals surface area contributed by atoms with Crippen molar-refractivity contribution in [3.63, 3.8) is 0 Å². The van der Waals surface area contributed by atoms with Crippen molar-refractivity contribution in [2.45, 2.75) is 50.7 Å². The van der Waals surface area contributed by atoms with Gasteiger partial charge in [0.15, 0.2) is 0 Å². The number of aryl methyl sites for hydroxylation is 1. The molecule has 2 aromatic carbocycles. The summed E-state index contributed by atoms with van der Waals surface area (Å²) in [5.74, 6) is 0.421. The fourth-order valence-electron chi connectivity index (χ4n) is 3.07. The fourth-order valence-corrected chi connectivity index (χ4v) is 4.14. The van der Waals surface area contributed by atoms with Crippen LogP contribution in [0, 0.1) is 6.92 Å². The number of nitrogens with one attached hydrogen (secondary N) is 1. The summed E-state index contributed by atoms with van der Waals surface area (Å²) in [5, 5.41) is 0. The number of carbonyl (C=O) groups excluding carboxylic acids is 1. The molecule has 7 nitrogen and oxygen atoms in total. The van der Waals surface area contributed by atoms with Crippen LogP contribution in [0.5, 0.6) is 5.75 Å². The Balaban J connectivity index is 1.69. The molecule has 1 unspecified atom stereocenters. The zero-order chi connectivity index (χ0) is 21.9. The molecule has 1 fully saturated rings. The third-order valence-corrected chi connectivity index (χ3v) is 5.93. The number of benzene rings is 2. The molecule has 1 saturated heterocycles. The highest BCUT2D eigenvalue weighted by molar-refractivity contribution is 7.92. The molecule has 8 heteroatoms. The molecule has 2 aromatic rings. The molecule has 1 aliphatic rings. The Kier molecular flexibility index (Phi) is 6.26. The molecule has 0 bridgehead atoms. The Hall–Kier alpha value is -2.74. The van der Waals surface area contributed by atoms with E-state index in [1.807, 2.05) is 27.7 Å². The number of anilines is 1. The second-order valence-corrected chi connectivity index (χ2v) is 10.1. The lowest BCUT2D eigenvalue weighted by atomic mass is 10.2. The third-order valence-electron chi connectivity index (χ3n) is 4.55. The SMILES string of the molecule is Cc1ccc(S(=O)(=O)Nc2ccccc2OC2CCN(C(=O)OC(C)(C)C)C2)cc1. The summed E-state index contributed by atoms with van der Waals surface area (Å²) in [5.41, 5.74) is 0.777. The minimum atomic E-state index is -3.75. The van der Waals surface area contributed by atoms with Crippen molar-refractivity contribution in [3.8, 4) is 5.75 Å². The monoisotopic (exact) mass is 432 g/mol. The van der Waals surface area contributed by atoms with E-state index in [4.69, 9.17) is 9.47 Å². The van der Waals surface area contributed by atoms with Crippen molar-refractivity contribution in [1.82, 2.24) is 4.90 Å². The summed E-state index contributed by atoms with van der Waals surface area (Å²) >= 11 is 0. The third kappa shape index (κ3) is 5.66. The van der Waals surface area contributed by atoms with Crippen LogP contribution >= 0.6 is 0 Å². The molecular formula is C22H28N2O5S. The van der Waals surface area contributed by atoms with Crippen LogP contribution in [0.4, 0.5) is 10.5 Å². The van der Waals surface area contributed by atoms with Crippen molar-refractivity contribution >= 4 is 21.8 Å². The zero-order valence-electron chi connectivity index (χ0n) is 17.7. The molecule has 0 saturated carbocycles. The molecule has 0 spiro atoms. The van der Waals surface area contributed by atoms with Gasteiger partial charge in [0.25, 0.3) is 10.0 Å². The Labute approximate surface area is 178 Å². The first-order chi connectivity index (χ1) is 14.0. The first-order valence-corrected chi connectivity index (χ1v) is 11.3. The lowest BCUT2D eigenvalue weighted by molar-refractivity contribution is 0.0276. The quantitative estimate of drug-likeness (QED) is 0.766. The largest absolute Gasteiger partial charge is 0.486 e. The first-order valence-electron chi connectivity index (χ1n) is 9.87. The van der Waals surface area contributed by atoms with E-state index in [0.717, 1.165) is 5.56 Å². The molecule has 1 N–H and O–H groups in total. The summed E-state index contributed by atoms with van der Waals surface area (Å²) < 4.78 is 39.5. The molecule has 3 rings (SSSR count). The average molecular weight is 433 g/mol. The van der Waals surface area contributed by atoms with Gasteiger partial charge in [0, 0.05) is 13.0 Å². The highest BCUT2D eigenvalue weighted by Gasteiger charge is 2.31. The topological polar surface area (TPSA) is 84.9 Å². The molecule has 0 aromatic heterocycles. The molecule has 162 valence electrons. The van der Waals surface area contributed by atoms with E-state index in [-0.39, 0.29) is 17.1 Å². The molecule has 1 heterocycles. The summed E-state index contributed by atoms with van der Waals surface area (Å²) in [6.45, 7) is 8.28. The average Bonchev–Trinajstić information content (AvgIpc) is 3.11. The van der Waals surface area contributed by atoms with Gasteiger partial charge in [-0.15, -0.1) is 0 Å². The van der Waals surface area contributed by atoms with E-state index in [2.05, 4.69) is 4.72 Å². The predicted molar refractivity (Wildman–Crippen MR) is 115 cm³/mol. The van der Waals surface area contributed by atoms with Crippen molar-refractivity contribution in [2.75, 3.05) is 17.8 Å². The van der Waals surface area contributed by atoms with Gasteiger partial charge in [0.1, 0.15) is 17.5 Å². The molecule has 0 radical (unpaired) electrons. The van der Waals surface area contributed by atoms with Crippen molar-refractivity contribution in [3.05, 3.63) is 54.1 Å². The number of hydrogen-bond acceptors (Lipinski definition) is 5. The van der Waals surface area contributed by atoms with Gasteiger partial charge < -0.3 is 14.4 Å². The molecule has 30 heavy (non-hydrogen) atoms. The fraction of sp³-hybridized carbons (Fsp3) is 0.409. The molecule has 1 amide bonds. The van der Waals surface area contributed by atoms with Gasteiger partial charge in [0.2, 0.25) is 0 Å². The second-order valence-electron chi connectivity index (χ2n) is 8.37. The van der Waals surface area contributed by atoms with Gasteiger partial charge in [-0.05, 0) is 52.0 Å². The van der Waals surface area contributed by atoms with Crippen LogP contribution in [0.1, 0.15) is 32.8 Å². The minimum absolute atomic E-state index is 0.180. The number of ether oxygens (including phenoxy) is 2. The number of nitrogens with zero attached hydrogens (tertiary/aromatic N) is 1. The minimum Gasteiger partial charge on any atom is -0.486 e. The van der Waals surface area contributed by atoms with E-state index in [1.54, 1.807) is 53.4 Å². The second kappa shape index (κ2) is 8.55. The van der Waals surface area contributed by atoms with Crippen LogP contribution < -0.4 is 9.46 Å². The molecule has 1 atom stereocenters. The summed E-state index contributed by atoms with van der Waals surface area (Å²) in [6.07, 6.45) is 0.0164. The lowest BCUT2D eigenvalue weighted by Crippen LogP contribution is -2.36. The van der Waals surface area contributed by atoms with E-state index in [0.29, 0.717) is 30.9 Å². The van der Waals surface area contributed by atoms with E-state index >= 15 is 0 Å². The molecular weight excluding hydrogens is 404 g/mol. The Bertz CT molecular complexity index is 997. The predicted octanol–water partition coefficient (Wildman–Crippen LogP) is 4.18.